The fourth-order valence-electron chi connectivity index (χ4n) is 1.29. The van der Waals surface area contributed by atoms with Gasteiger partial charge in [-0.3, -0.25) is 9.59 Å². The van der Waals surface area contributed by atoms with Crippen LogP contribution < -0.4 is 5.32 Å². The number of rotatable bonds is 4. The number of esters is 1. The van der Waals surface area contributed by atoms with Crippen molar-refractivity contribution in [2.45, 2.75) is 10.8 Å². The number of benzene rings is 1. The second kappa shape index (κ2) is 7.08. The lowest BCUT2D eigenvalue weighted by Crippen LogP contribution is -2.34. The first kappa shape index (κ1) is 15.4. The number of amides is 1. The molecular weight excluding hydrogens is 413 g/mol. The van der Waals surface area contributed by atoms with E-state index in [0.717, 1.165) is 10.0 Å². The number of hydrogen-bond acceptors (Lipinski definition) is 3. The molecule has 0 aliphatic rings. The predicted octanol–water partition coefficient (Wildman–Crippen LogP) is 2.46. The number of nitrogens with one attached hydrogen (secondary N) is 1. The van der Waals surface area contributed by atoms with Gasteiger partial charge >= 0.3 is 5.97 Å². The fraction of sp³-hybridized carbons (Fsp3) is 0.333. The summed E-state index contributed by atoms with van der Waals surface area (Å²) in [5.41, 5.74) is 1.62. The molecule has 1 aromatic rings. The highest BCUT2D eigenvalue weighted by molar-refractivity contribution is 14.1. The van der Waals surface area contributed by atoms with Crippen molar-refractivity contribution < 1.29 is 14.3 Å². The van der Waals surface area contributed by atoms with Crippen molar-refractivity contribution >= 4 is 50.4 Å². The Labute approximate surface area is 128 Å². The largest absolute Gasteiger partial charge is 0.468 e. The Morgan fingerprint density at radius 3 is 2.72 bits per heavy atom. The van der Waals surface area contributed by atoms with E-state index in [1.165, 1.54) is 7.11 Å². The molecular formula is C12H13BrINO3. The number of halogens is 2. The SMILES string of the molecule is COC(=O)C(I)CNC(=O)c1ccc(C)cc1Br. The summed E-state index contributed by atoms with van der Waals surface area (Å²) in [6, 6.07) is 5.48. The molecule has 98 valence electrons. The van der Waals surface area contributed by atoms with Crippen LogP contribution in [0, 0.1) is 6.92 Å². The topological polar surface area (TPSA) is 55.4 Å². The first-order valence-electron chi connectivity index (χ1n) is 5.22. The molecule has 0 aliphatic carbocycles. The summed E-state index contributed by atoms with van der Waals surface area (Å²) in [5.74, 6) is -0.564. The van der Waals surface area contributed by atoms with Crippen LogP contribution in [0.1, 0.15) is 15.9 Å². The Morgan fingerprint density at radius 1 is 1.50 bits per heavy atom. The van der Waals surface area contributed by atoms with Crippen molar-refractivity contribution in [1.29, 1.82) is 0 Å². The predicted molar refractivity (Wildman–Crippen MR) is 81.0 cm³/mol. The van der Waals surface area contributed by atoms with Gasteiger partial charge in [0.25, 0.3) is 5.91 Å². The van der Waals surface area contributed by atoms with Crippen LogP contribution in [0.2, 0.25) is 0 Å². The molecule has 0 aliphatic heterocycles. The Balaban J connectivity index is 2.63. The molecule has 1 unspecified atom stereocenters. The van der Waals surface area contributed by atoms with Crippen molar-refractivity contribution in [1.82, 2.24) is 5.32 Å². The highest BCUT2D eigenvalue weighted by Crippen LogP contribution is 2.18. The zero-order chi connectivity index (χ0) is 13.7. The fourth-order valence-corrected chi connectivity index (χ4v) is 2.44. The maximum atomic E-state index is 11.9. The summed E-state index contributed by atoms with van der Waals surface area (Å²) in [6.45, 7) is 2.19. The van der Waals surface area contributed by atoms with Crippen LogP contribution >= 0.6 is 38.5 Å². The molecule has 0 fully saturated rings. The summed E-state index contributed by atoms with van der Waals surface area (Å²) in [6.07, 6.45) is 0. The van der Waals surface area contributed by atoms with E-state index in [1.54, 1.807) is 6.07 Å². The van der Waals surface area contributed by atoms with Gasteiger partial charge in [-0.1, -0.05) is 28.7 Å². The van der Waals surface area contributed by atoms with E-state index in [0.29, 0.717) is 5.56 Å². The molecule has 0 saturated carbocycles. The van der Waals surface area contributed by atoms with Gasteiger partial charge < -0.3 is 10.1 Å². The third kappa shape index (κ3) is 4.24. The van der Waals surface area contributed by atoms with E-state index in [-0.39, 0.29) is 22.3 Å². The highest BCUT2D eigenvalue weighted by atomic mass is 127. The van der Waals surface area contributed by atoms with Gasteiger partial charge in [0.1, 0.15) is 3.92 Å². The van der Waals surface area contributed by atoms with Crippen molar-refractivity contribution in [3.05, 3.63) is 33.8 Å². The van der Waals surface area contributed by atoms with Crippen LogP contribution in [0.15, 0.2) is 22.7 Å². The number of hydrogen-bond donors (Lipinski definition) is 1. The molecule has 1 N–H and O–H groups in total. The van der Waals surface area contributed by atoms with Gasteiger partial charge in [0.05, 0.1) is 12.7 Å². The minimum Gasteiger partial charge on any atom is -0.468 e. The average molecular weight is 426 g/mol. The van der Waals surface area contributed by atoms with E-state index in [9.17, 15) is 9.59 Å². The molecule has 4 nitrogen and oxygen atoms in total. The lowest BCUT2D eigenvalue weighted by Gasteiger charge is -2.10. The summed E-state index contributed by atoms with van der Waals surface area (Å²) in [5, 5.41) is 2.70. The summed E-state index contributed by atoms with van der Waals surface area (Å²) in [4.78, 5) is 23.1. The van der Waals surface area contributed by atoms with Gasteiger partial charge in [-0.15, -0.1) is 0 Å². The van der Waals surface area contributed by atoms with Crippen molar-refractivity contribution in [2.24, 2.45) is 0 Å². The lowest BCUT2D eigenvalue weighted by atomic mass is 10.1. The molecule has 0 spiro atoms. The monoisotopic (exact) mass is 425 g/mol. The molecule has 0 aromatic heterocycles. The zero-order valence-corrected chi connectivity index (χ0v) is 13.7. The first-order valence-corrected chi connectivity index (χ1v) is 7.25. The minimum absolute atomic E-state index is 0.215. The third-order valence-corrected chi connectivity index (χ3v) is 3.87. The van der Waals surface area contributed by atoms with Gasteiger partial charge in [-0.2, -0.15) is 0 Å². The van der Waals surface area contributed by atoms with E-state index in [4.69, 9.17) is 0 Å². The van der Waals surface area contributed by atoms with E-state index in [2.05, 4.69) is 26.0 Å². The molecule has 1 atom stereocenters. The molecule has 18 heavy (non-hydrogen) atoms. The van der Waals surface area contributed by atoms with Gasteiger partial charge in [0, 0.05) is 11.0 Å². The number of carbonyl (C=O) groups excluding carboxylic acids is 2. The zero-order valence-electron chi connectivity index (χ0n) is 10.00. The molecule has 1 rings (SSSR count). The number of alkyl halides is 1. The maximum Gasteiger partial charge on any atom is 0.320 e. The second-order valence-corrected chi connectivity index (χ2v) is 6.04. The van der Waals surface area contributed by atoms with E-state index in [1.807, 2.05) is 41.6 Å². The minimum atomic E-state index is -0.388. The molecule has 0 heterocycles. The van der Waals surface area contributed by atoms with Gasteiger partial charge in [0.15, 0.2) is 0 Å². The molecule has 0 saturated heterocycles. The van der Waals surface area contributed by atoms with Crippen LogP contribution in [0.3, 0.4) is 0 Å². The third-order valence-electron chi connectivity index (χ3n) is 2.27. The normalized spacial score (nSPS) is 11.8. The molecule has 6 heteroatoms. The Kier molecular flexibility index (Phi) is 6.07. The highest BCUT2D eigenvalue weighted by Gasteiger charge is 2.17. The van der Waals surface area contributed by atoms with Gasteiger partial charge in [-0.05, 0) is 40.5 Å². The van der Waals surface area contributed by atoms with Crippen molar-refractivity contribution in [2.75, 3.05) is 13.7 Å². The number of methoxy groups -OCH3 is 1. The number of ether oxygens (including phenoxy) is 1. The molecule has 0 bridgehead atoms. The quantitative estimate of drug-likeness (QED) is 0.458. The first-order chi connectivity index (χ1) is 8.45. The lowest BCUT2D eigenvalue weighted by molar-refractivity contribution is -0.139. The van der Waals surface area contributed by atoms with Crippen molar-refractivity contribution in [3.8, 4) is 0 Å². The maximum absolute atomic E-state index is 11.9. The Morgan fingerprint density at radius 2 is 2.17 bits per heavy atom. The molecule has 1 aromatic carbocycles. The van der Waals surface area contributed by atoms with Gasteiger partial charge in [0.2, 0.25) is 0 Å². The molecule has 0 radical (unpaired) electrons. The summed E-state index contributed by atoms with van der Waals surface area (Å²) in [7, 11) is 1.33. The van der Waals surface area contributed by atoms with Crippen LogP contribution in [0.5, 0.6) is 0 Å². The number of aryl methyl sites for hydroxylation is 1. The van der Waals surface area contributed by atoms with E-state index < -0.39 is 0 Å². The Hall–Kier alpha value is -0.630. The summed E-state index contributed by atoms with van der Waals surface area (Å²) < 4.78 is 4.93. The van der Waals surface area contributed by atoms with Crippen LogP contribution in [-0.4, -0.2) is 29.5 Å². The standard InChI is InChI=1S/C12H13BrINO3/c1-7-3-4-8(9(13)5-7)11(16)15-6-10(14)12(17)18-2/h3-5,10H,6H2,1-2H3,(H,15,16). The van der Waals surface area contributed by atoms with Crippen molar-refractivity contribution in [3.63, 3.8) is 0 Å². The Bertz CT molecular complexity index is 465. The van der Waals surface area contributed by atoms with Crippen LogP contribution in [0.4, 0.5) is 0 Å². The van der Waals surface area contributed by atoms with Crippen LogP contribution in [0.25, 0.3) is 0 Å². The second-order valence-electron chi connectivity index (χ2n) is 3.68. The summed E-state index contributed by atoms with van der Waals surface area (Å²) >= 11 is 5.28. The smallest absolute Gasteiger partial charge is 0.320 e. The van der Waals surface area contributed by atoms with Crippen LogP contribution in [-0.2, 0) is 9.53 Å². The molecule has 1 amide bonds. The van der Waals surface area contributed by atoms with Gasteiger partial charge in [-0.25, -0.2) is 0 Å². The van der Waals surface area contributed by atoms with E-state index >= 15 is 0 Å². The average Bonchev–Trinajstić information content (AvgIpc) is 2.34. The number of carbonyl (C=O) groups is 2.